The normalized spacial score (nSPS) is 33.0. The number of nitrogens with zero attached hydrogens (tertiary/aromatic N) is 4. The molecule has 142 valence electrons. The number of hydrogen-bond acceptors (Lipinski definition) is 6. The number of carbonyl (C=O) groups excluding carboxylic acids is 1. The van der Waals surface area contributed by atoms with E-state index < -0.39 is 10.2 Å². The highest BCUT2D eigenvalue weighted by Crippen LogP contribution is 2.54. The molecule has 26 heavy (non-hydrogen) atoms. The van der Waals surface area contributed by atoms with Gasteiger partial charge in [-0.25, -0.2) is 4.72 Å². The van der Waals surface area contributed by atoms with Gasteiger partial charge in [-0.1, -0.05) is 0 Å². The van der Waals surface area contributed by atoms with Gasteiger partial charge in [-0.2, -0.15) is 22.9 Å². The fraction of sp³-hybridized carbons (Fsp3) is 0.688. The quantitative estimate of drug-likeness (QED) is 0.737. The predicted octanol–water partition coefficient (Wildman–Crippen LogP) is -0.508. The van der Waals surface area contributed by atoms with E-state index in [-0.39, 0.29) is 29.4 Å². The highest BCUT2D eigenvalue weighted by atomic mass is 32.2. The minimum Gasteiger partial charge on any atom is -0.369 e. The molecule has 0 aliphatic carbocycles. The number of fused-ring (bicyclic) bond motifs is 1. The van der Waals surface area contributed by atoms with Crippen molar-refractivity contribution < 1.29 is 17.9 Å². The number of aromatic nitrogens is 2. The summed E-state index contributed by atoms with van der Waals surface area (Å²) in [7, 11) is -0.475. The molecule has 1 aromatic heterocycles. The maximum Gasteiger partial charge on any atom is 0.278 e. The molecule has 4 heterocycles. The molecule has 3 aliphatic rings. The van der Waals surface area contributed by atoms with E-state index >= 15 is 0 Å². The van der Waals surface area contributed by atoms with Crippen molar-refractivity contribution >= 4 is 16.1 Å². The molecule has 1 amide bonds. The average Bonchev–Trinajstić information content (AvgIpc) is 3.28. The predicted molar refractivity (Wildman–Crippen MR) is 92.4 cm³/mol. The van der Waals surface area contributed by atoms with Gasteiger partial charge in [0.2, 0.25) is 0 Å². The Morgan fingerprint density at radius 1 is 1.46 bits per heavy atom. The van der Waals surface area contributed by atoms with Crippen molar-refractivity contribution in [1.82, 2.24) is 24.1 Å². The first kappa shape index (κ1) is 17.8. The van der Waals surface area contributed by atoms with E-state index in [4.69, 9.17) is 4.74 Å². The number of hydrogen-bond donors (Lipinski definition) is 1. The van der Waals surface area contributed by atoms with Crippen LogP contribution in [0, 0.1) is 11.8 Å². The largest absolute Gasteiger partial charge is 0.369 e. The standard InChI is InChI=1S/C16H23N5O4S/c1-20(2)26(23,24)19-8-12-13-9-21(10-16(13)5-3-14(12)25-16)15(22)11-4-6-17-18-7-11/h4,6-7,12-14,19H,3,5,8-10H2,1-2H3/t12-,13+,14+,16+/m0/s1. The zero-order valence-electron chi connectivity index (χ0n) is 14.8. The zero-order valence-corrected chi connectivity index (χ0v) is 15.6. The van der Waals surface area contributed by atoms with Crippen LogP contribution in [0.2, 0.25) is 0 Å². The molecule has 0 radical (unpaired) electrons. The van der Waals surface area contributed by atoms with E-state index in [1.165, 1.54) is 26.5 Å². The number of carbonyl (C=O) groups is 1. The lowest BCUT2D eigenvalue weighted by molar-refractivity contribution is 0.00324. The molecule has 2 bridgehead atoms. The van der Waals surface area contributed by atoms with Crippen molar-refractivity contribution in [2.45, 2.75) is 24.5 Å². The first-order valence-electron chi connectivity index (χ1n) is 8.73. The molecule has 0 aromatic carbocycles. The van der Waals surface area contributed by atoms with Gasteiger partial charge in [0.25, 0.3) is 16.1 Å². The van der Waals surface area contributed by atoms with Crippen LogP contribution in [-0.2, 0) is 14.9 Å². The lowest BCUT2D eigenvalue weighted by Gasteiger charge is -2.29. The van der Waals surface area contributed by atoms with Crippen LogP contribution in [0.25, 0.3) is 0 Å². The third kappa shape index (κ3) is 2.81. The number of likely N-dealkylation sites (tertiary alicyclic amines) is 1. The number of amides is 1. The van der Waals surface area contributed by atoms with Gasteiger partial charge in [-0.3, -0.25) is 4.79 Å². The number of rotatable bonds is 5. The molecule has 4 rings (SSSR count). The Balaban J connectivity index is 1.49. The second-order valence-corrected chi connectivity index (χ2v) is 9.45. The lowest BCUT2D eigenvalue weighted by atomic mass is 9.74. The second kappa shape index (κ2) is 6.22. The summed E-state index contributed by atoms with van der Waals surface area (Å²) < 4.78 is 34.2. The van der Waals surface area contributed by atoms with Crippen LogP contribution in [-0.4, -0.2) is 79.2 Å². The van der Waals surface area contributed by atoms with E-state index in [1.807, 2.05) is 0 Å². The topological polar surface area (TPSA) is 105 Å². The van der Waals surface area contributed by atoms with Crippen molar-refractivity contribution in [2.24, 2.45) is 11.8 Å². The highest BCUT2D eigenvalue weighted by molar-refractivity contribution is 7.87. The Morgan fingerprint density at radius 3 is 2.96 bits per heavy atom. The van der Waals surface area contributed by atoms with Crippen LogP contribution in [0.1, 0.15) is 23.2 Å². The summed E-state index contributed by atoms with van der Waals surface area (Å²) in [4.78, 5) is 14.5. The molecule has 4 atom stereocenters. The van der Waals surface area contributed by atoms with E-state index in [0.29, 0.717) is 25.2 Å². The Labute approximate surface area is 152 Å². The molecule has 10 heteroatoms. The maximum atomic E-state index is 12.7. The highest BCUT2D eigenvalue weighted by Gasteiger charge is 2.63. The summed E-state index contributed by atoms with van der Waals surface area (Å²) in [5.41, 5.74) is 0.172. The summed E-state index contributed by atoms with van der Waals surface area (Å²) in [6, 6.07) is 1.65. The molecule has 1 aromatic rings. The molecule has 0 unspecified atom stereocenters. The smallest absolute Gasteiger partial charge is 0.278 e. The molecule has 9 nitrogen and oxygen atoms in total. The SMILES string of the molecule is CN(C)S(=O)(=O)NC[C@H]1[C@H]2CN(C(=O)c3ccnnc3)C[C@]23CC[C@H]1O3. The van der Waals surface area contributed by atoms with Crippen LogP contribution in [0.3, 0.4) is 0 Å². The van der Waals surface area contributed by atoms with Gasteiger partial charge in [0.15, 0.2) is 0 Å². The van der Waals surface area contributed by atoms with Crippen molar-refractivity contribution in [3.05, 3.63) is 24.0 Å². The van der Waals surface area contributed by atoms with Crippen molar-refractivity contribution in [2.75, 3.05) is 33.7 Å². The fourth-order valence-electron chi connectivity index (χ4n) is 4.55. The monoisotopic (exact) mass is 381 g/mol. The van der Waals surface area contributed by atoms with Gasteiger partial charge in [0.1, 0.15) is 0 Å². The lowest BCUT2D eigenvalue weighted by Crippen LogP contribution is -2.44. The van der Waals surface area contributed by atoms with E-state index in [9.17, 15) is 13.2 Å². The van der Waals surface area contributed by atoms with E-state index in [0.717, 1.165) is 17.1 Å². The molecular weight excluding hydrogens is 358 g/mol. The first-order chi connectivity index (χ1) is 12.3. The van der Waals surface area contributed by atoms with Gasteiger partial charge in [-0.05, 0) is 18.9 Å². The Kier molecular flexibility index (Phi) is 4.25. The van der Waals surface area contributed by atoms with Gasteiger partial charge < -0.3 is 9.64 Å². The average molecular weight is 381 g/mol. The van der Waals surface area contributed by atoms with Crippen LogP contribution in [0.15, 0.2) is 18.5 Å². The summed E-state index contributed by atoms with van der Waals surface area (Å²) in [5.74, 6) is 0.139. The summed E-state index contributed by atoms with van der Waals surface area (Å²) in [6.07, 6.45) is 4.85. The fourth-order valence-corrected chi connectivity index (χ4v) is 5.21. The summed E-state index contributed by atoms with van der Waals surface area (Å²) in [6.45, 7) is 1.45. The molecule has 3 aliphatic heterocycles. The van der Waals surface area contributed by atoms with Crippen LogP contribution in [0.5, 0.6) is 0 Å². The van der Waals surface area contributed by atoms with E-state index in [2.05, 4.69) is 14.9 Å². The molecule has 3 fully saturated rings. The Bertz CT molecular complexity index is 802. The Hall–Kier alpha value is -1.62. The van der Waals surface area contributed by atoms with Crippen LogP contribution < -0.4 is 4.72 Å². The van der Waals surface area contributed by atoms with Crippen molar-refractivity contribution in [1.29, 1.82) is 0 Å². The minimum absolute atomic E-state index is 0.0599. The van der Waals surface area contributed by atoms with Crippen LogP contribution in [0.4, 0.5) is 0 Å². The second-order valence-electron chi connectivity index (χ2n) is 7.48. The Morgan fingerprint density at radius 2 is 2.27 bits per heavy atom. The molecular formula is C16H23N5O4S. The number of nitrogens with one attached hydrogen (secondary N) is 1. The minimum atomic E-state index is -3.47. The summed E-state index contributed by atoms with van der Waals surface area (Å²) in [5, 5.41) is 7.48. The first-order valence-corrected chi connectivity index (χ1v) is 10.2. The van der Waals surface area contributed by atoms with Gasteiger partial charge in [0, 0.05) is 39.0 Å². The van der Waals surface area contributed by atoms with Crippen molar-refractivity contribution in [3.63, 3.8) is 0 Å². The van der Waals surface area contributed by atoms with Gasteiger partial charge >= 0.3 is 0 Å². The van der Waals surface area contributed by atoms with Gasteiger partial charge in [0.05, 0.1) is 36.2 Å². The van der Waals surface area contributed by atoms with Crippen molar-refractivity contribution in [3.8, 4) is 0 Å². The third-order valence-electron chi connectivity index (χ3n) is 5.88. The third-order valence-corrected chi connectivity index (χ3v) is 7.38. The number of ether oxygens (including phenoxy) is 1. The maximum absolute atomic E-state index is 12.7. The molecule has 0 saturated carbocycles. The molecule has 1 spiro atoms. The molecule has 3 saturated heterocycles. The zero-order chi connectivity index (χ0) is 18.5. The van der Waals surface area contributed by atoms with Crippen LogP contribution >= 0.6 is 0 Å². The van der Waals surface area contributed by atoms with Gasteiger partial charge in [-0.15, -0.1) is 0 Å². The molecule has 1 N–H and O–H groups in total. The van der Waals surface area contributed by atoms with E-state index in [1.54, 1.807) is 11.0 Å². The summed E-state index contributed by atoms with van der Waals surface area (Å²) >= 11 is 0.